The number of nitrogens with zero attached hydrogens (tertiary/aromatic N) is 1. The van der Waals surface area contributed by atoms with E-state index in [9.17, 15) is 9.59 Å². The van der Waals surface area contributed by atoms with E-state index >= 15 is 0 Å². The summed E-state index contributed by atoms with van der Waals surface area (Å²) >= 11 is 0. The average Bonchev–Trinajstić information content (AvgIpc) is 2.50. The maximum Gasteiger partial charge on any atom is 0.303 e. The summed E-state index contributed by atoms with van der Waals surface area (Å²) in [6.45, 7) is 0.623. The lowest BCUT2D eigenvalue weighted by Crippen LogP contribution is -2.24. The van der Waals surface area contributed by atoms with E-state index in [1.807, 2.05) is 0 Å². The van der Waals surface area contributed by atoms with Crippen LogP contribution in [0.2, 0.25) is 0 Å². The lowest BCUT2D eigenvalue weighted by atomic mass is 10.1. The van der Waals surface area contributed by atoms with E-state index in [1.54, 1.807) is 24.3 Å². The van der Waals surface area contributed by atoms with Crippen LogP contribution in [0.5, 0.6) is 0 Å². The van der Waals surface area contributed by atoms with Crippen molar-refractivity contribution in [3.8, 4) is 6.07 Å². The third kappa shape index (κ3) is 7.44. The highest BCUT2D eigenvalue weighted by Crippen LogP contribution is 2.06. The smallest absolute Gasteiger partial charge is 0.303 e. The van der Waals surface area contributed by atoms with Crippen LogP contribution in [0.1, 0.15) is 54.4 Å². The summed E-state index contributed by atoms with van der Waals surface area (Å²) in [5.74, 6) is -0.845. The second-order valence-corrected chi connectivity index (χ2v) is 5.20. The van der Waals surface area contributed by atoms with Gasteiger partial charge in [-0.2, -0.15) is 5.26 Å². The number of hydrogen-bond acceptors (Lipinski definition) is 3. The fourth-order valence-electron chi connectivity index (χ4n) is 2.10. The van der Waals surface area contributed by atoms with Crippen molar-refractivity contribution in [1.29, 1.82) is 5.26 Å². The molecule has 0 aliphatic carbocycles. The van der Waals surface area contributed by atoms with Crippen LogP contribution in [0.4, 0.5) is 0 Å². The maximum absolute atomic E-state index is 11.9. The van der Waals surface area contributed by atoms with Gasteiger partial charge in [0.1, 0.15) is 0 Å². The predicted octanol–water partition coefficient (Wildman–Crippen LogP) is 2.91. The van der Waals surface area contributed by atoms with E-state index in [-0.39, 0.29) is 12.3 Å². The molecule has 0 fully saturated rings. The molecule has 118 valence electrons. The van der Waals surface area contributed by atoms with E-state index in [0.29, 0.717) is 18.5 Å². The Hall–Kier alpha value is -2.35. The largest absolute Gasteiger partial charge is 0.481 e. The molecule has 0 saturated heterocycles. The van der Waals surface area contributed by atoms with Gasteiger partial charge < -0.3 is 10.4 Å². The summed E-state index contributed by atoms with van der Waals surface area (Å²) in [6, 6.07) is 9.11. The number of amides is 1. The molecule has 0 saturated carbocycles. The molecule has 0 bridgehead atoms. The van der Waals surface area contributed by atoms with Gasteiger partial charge in [-0.15, -0.1) is 0 Å². The number of unbranched alkanes of at least 4 members (excludes halogenated alkanes) is 4. The first-order valence-corrected chi connectivity index (χ1v) is 7.59. The quantitative estimate of drug-likeness (QED) is 0.650. The number of aliphatic carboxylic acids is 1. The van der Waals surface area contributed by atoms with Crippen LogP contribution in [0.15, 0.2) is 24.3 Å². The summed E-state index contributed by atoms with van der Waals surface area (Å²) in [5, 5.41) is 20.0. The zero-order chi connectivity index (χ0) is 16.2. The Kier molecular flexibility index (Phi) is 8.36. The van der Waals surface area contributed by atoms with Crippen LogP contribution in [-0.2, 0) is 11.2 Å². The maximum atomic E-state index is 11.9. The molecule has 0 aliphatic heterocycles. The molecule has 5 heteroatoms. The van der Waals surface area contributed by atoms with Crippen LogP contribution in [0, 0.1) is 11.3 Å². The highest BCUT2D eigenvalue weighted by molar-refractivity contribution is 5.94. The zero-order valence-corrected chi connectivity index (χ0v) is 12.7. The third-order valence-electron chi connectivity index (χ3n) is 3.35. The number of carbonyl (C=O) groups excluding carboxylic acids is 1. The molecule has 22 heavy (non-hydrogen) atoms. The van der Waals surface area contributed by atoms with Crippen LogP contribution >= 0.6 is 0 Å². The Morgan fingerprint density at radius 1 is 1.05 bits per heavy atom. The SMILES string of the molecule is N#CCc1ccc(C(=O)NCCCCCCCC(=O)O)cc1. The summed E-state index contributed by atoms with van der Waals surface area (Å²) in [6.07, 6.45) is 5.10. The lowest BCUT2D eigenvalue weighted by molar-refractivity contribution is -0.137. The standard InChI is InChI=1S/C17H22N2O3/c18-12-11-14-7-9-15(10-8-14)17(22)19-13-5-3-1-2-4-6-16(20)21/h7-10H,1-6,11,13H2,(H,19,22)(H,20,21). The minimum atomic E-state index is -0.743. The van der Waals surface area contributed by atoms with E-state index in [1.165, 1.54) is 0 Å². The van der Waals surface area contributed by atoms with Crippen molar-refractivity contribution in [2.45, 2.75) is 44.9 Å². The molecule has 1 rings (SSSR count). The van der Waals surface area contributed by atoms with E-state index in [0.717, 1.165) is 37.7 Å². The Morgan fingerprint density at radius 2 is 1.68 bits per heavy atom. The van der Waals surface area contributed by atoms with Crippen LogP contribution < -0.4 is 5.32 Å². The van der Waals surface area contributed by atoms with E-state index in [2.05, 4.69) is 11.4 Å². The molecule has 0 radical (unpaired) electrons. The molecule has 0 unspecified atom stereocenters. The minimum absolute atomic E-state index is 0.102. The van der Waals surface area contributed by atoms with Gasteiger partial charge in [0.25, 0.3) is 5.91 Å². The van der Waals surface area contributed by atoms with E-state index < -0.39 is 5.97 Å². The first-order valence-electron chi connectivity index (χ1n) is 7.59. The molecule has 0 aliphatic rings. The molecule has 0 spiro atoms. The highest BCUT2D eigenvalue weighted by atomic mass is 16.4. The van der Waals surface area contributed by atoms with Crippen molar-refractivity contribution in [3.05, 3.63) is 35.4 Å². The molecule has 2 N–H and O–H groups in total. The minimum Gasteiger partial charge on any atom is -0.481 e. The van der Waals surface area contributed by atoms with Gasteiger partial charge in [-0.3, -0.25) is 9.59 Å². The van der Waals surface area contributed by atoms with Crippen molar-refractivity contribution < 1.29 is 14.7 Å². The molecule has 1 amide bonds. The second-order valence-electron chi connectivity index (χ2n) is 5.20. The number of nitriles is 1. The van der Waals surface area contributed by atoms with Gasteiger partial charge in [-0.25, -0.2) is 0 Å². The third-order valence-corrected chi connectivity index (χ3v) is 3.35. The van der Waals surface area contributed by atoms with Crippen molar-refractivity contribution >= 4 is 11.9 Å². The summed E-state index contributed by atoms with van der Waals surface area (Å²) in [7, 11) is 0. The number of hydrogen-bond donors (Lipinski definition) is 2. The van der Waals surface area contributed by atoms with Gasteiger partial charge in [0, 0.05) is 18.5 Å². The average molecular weight is 302 g/mol. The number of carbonyl (C=O) groups is 2. The first-order chi connectivity index (χ1) is 10.6. The predicted molar refractivity (Wildman–Crippen MR) is 83.4 cm³/mol. The molecular weight excluding hydrogens is 280 g/mol. The normalized spacial score (nSPS) is 9.95. The topological polar surface area (TPSA) is 90.2 Å². The van der Waals surface area contributed by atoms with Gasteiger partial charge in [0.15, 0.2) is 0 Å². The van der Waals surface area contributed by atoms with Gasteiger partial charge in [0.2, 0.25) is 0 Å². The van der Waals surface area contributed by atoms with Crippen molar-refractivity contribution in [2.75, 3.05) is 6.54 Å². The van der Waals surface area contributed by atoms with E-state index in [4.69, 9.17) is 10.4 Å². The molecule has 0 aromatic heterocycles. The molecule has 1 aromatic carbocycles. The Labute approximate surface area is 131 Å². The molecule has 5 nitrogen and oxygen atoms in total. The molecular formula is C17H22N2O3. The molecule has 1 aromatic rings. The van der Waals surface area contributed by atoms with Crippen molar-refractivity contribution in [3.63, 3.8) is 0 Å². The summed E-state index contributed by atoms with van der Waals surface area (Å²) < 4.78 is 0. The van der Waals surface area contributed by atoms with Gasteiger partial charge >= 0.3 is 5.97 Å². The number of nitrogens with one attached hydrogen (secondary N) is 1. The van der Waals surface area contributed by atoms with Gasteiger partial charge in [-0.05, 0) is 30.5 Å². The fourth-order valence-corrected chi connectivity index (χ4v) is 2.10. The van der Waals surface area contributed by atoms with Crippen molar-refractivity contribution in [2.24, 2.45) is 0 Å². The number of benzene rings is 1. The Morgan fingerprint density at radius 3 is 2.32 bits per heavy atom. The number of rotatable bonds is 10. The second kappa shape index (κ2) is 10.4. The summed E-state index contributed by atoms with van der Waals surface area (Å²) in [4.78, 5) is 22.2. The lowest BCUT2D eigenvalue weighted by Gasteiger charge is -2.05. The number of carboxylic acids is 1. The zero-order valence-electron chi connectivity index (χ0n) is 12.7. The highest BCUT2D eigenvalue weighted by Gasteiger charge is 2.04. The van der Waals surface area contributed by atoms with Crippen molar-refractivity contribution in [1.82, 2.24) is 5.32 Å². The fraction of sp³-hybridized carbons (Fsp3) is 0.471. The monoisotopic (exact) mass is 302 g/mol. The van der Waals surface area contributed by atoms with Crippen LogP contribution in [0.3, 0.4) is 0 Å². The van der Waals surface area contributed by atoms with Gasteiger partial charge in [0.05, 0.1) is 12.5 Å². The summed E-state index contributed by atoms with van der Waals surface area (Å²) in [5.41, 5.74) is 1.50. The molecule has 0 atom stereocenters. The van der Waals surface area contributed by atoms with Gasteiger partial charge in [-0.1, -0.05) is 31.4 Å². The Bertz CT molecular complexity index is 518. The van der Waals surface area contributed by atoms with Crippen LogP contribution in [-0.4, -0.2) is 23.5 Å². The molecule has 0 heterocycles. The Balaban J connectivity index is 2.13. The van der Waals surface area contributed by atoms with Crippen LogP contribution in [0.25, 0.3) is 0 Å². The number of carboxylic acid groups (broad SMARTS) is 1. The first kappa shape index (κ1) is 17.7.